The maximum atomic E-state index is 13.1. The Morgan fingerprint density at radius 3 is 2.69 bits per heavy atom. The van der Waals surface area contributed by atoms with Gasteiger partial charge in [0.2, 0.25) is 5.91 Å². The Morgan fingerprint density at radius 2 is 2.00 bits per heavy atom. The molecule has 1 aromatic heterocycles. The first-order valence-electron chi connectivity index (χ1n) is 8.72. The average molecular weight is 386 g/mol. The van der Waals surface area contributed by atoms with E-state index in [2.05, 4.69) is 13.8 Å². The minimum atomic E-state index is -0.163. The van der Waals surface area contributed by atoms with E-state index in [1.54, 1.807) is 28.4 Å². The Balaban J connectivity index is 1.91. The molecule has 1 atom stereocenters. The Labute approximate surface area is 162 Å². The third-order valence-corrected chi connectivity index (χ3v) is 6.09. The van der Waals surface area contributed by atoms with Crippen LogP contribution in [-0.4, -0.2) is 11.7 Å². The van der Waals surface area contributed by atoms with Crippen molar-refractivity contribution in [2.75, 3.05) is 4.90 Å². The highest BCUT2D eigenvalue weighted by Crippen LogP contribution is 2.48. The summed E-state index contributed by atoms with van der Waals surface area (Å²) in [5.41, 5.74) is 3.30. The number of anilines is 1. The maximum Gasteiger partial charge on any atom is 0.232 e. The van der Waals surface area contributed by atoms with Crippen molar-refractivity contribution < 1.29 is 9.59 Å². The fourth-order valence-corrected chi connectivity index (χ4v) is 4.99. The zero-order valence-corrected chi connectivity index (χ0v) is 16.4. The van der Waals surface area contributed by atoms with Crippen LogP contribution in [0.1, 0.15) is 44.6 Å². The molecular weight excluding hydrogens is 366 g/mol. The smallest absolute Gasteiger partial charge is 0.232 e. The number of thiophene rings is 1. The summed E-state index contributed by atoms with van der Waals surface area (Å²) in [6.07, 6.45) is 1.53. The average Bonchev–Trinajstić information content (AvgIpc) is 3.06. The van der Waals surface area contributed by atoms with Crippen molar-refractivity contribution in [1.29, 1.82) is 0 Å². The first-order valence-corrected chi connectivity index (χ1v) is 10.0. The number of benzene rings is 1. The van der Waals surface area contributed by atoms with Gasteiger partial charge in [-0.1, -0.05) is 31.5 Å². The second-order valence-corrected chi connectivity index (χ2v) is 9.04. The van der Waals surface area contributed by atoms with Crippen LogP contribution in [0, 0.1) is 5.41 Å². The Bertz CT molecular complexity index is 914. The summed E-state index contributed by atoms with van der Waals surface area (Å²) in [7, 11) is 0. The zero-order valence-electron chi connectivity index (χ0n) is 14.8. The van der Waals surface area contributed by atoms with Crippen LogP contribution >= 0.6 is 22.9 Å². The molecule has 2 aliphatic rings. The molecule has 26 heavy (non-hydrogen) atoms. The van der Waals surface area contributed by atoms with Crippen LogP contribution in [-0.2, 0) is 9.59 Å². The molecule has 0 bridgehead atoms. The van der Waals surface area contributed by atoms with E-state index < -0.39 is 0 Å². The molecule has 1 amide bonds. The van der Waals surface area contributed by atoms with E-state index >= 15 is 0 Å². The number of ketones is 1. The highest BCUT2D eigenvalue weighted by Gasteiger charge is 2.44. The molecule has 0 saturated carbocycles. The quantitative estimate of drug-likeness (QED) is 0.678. The molecule has 2 aromatic rings. The van der Waals surface area contributed by atoms with Gasteiger partial charge >= 0.3 is 0 Å². The maximum absolute atomic E-state index is 13.1. The number of halogens is 1. The molecule has 0 fully saturated rings. The summed E-state index contributed by atoms with van der Waals surface area (Å²) < 4.78 is 0. The molecule has 1 aromatic carbocycles. The van der Waals surface area contributed by atoms with E-state index in [1.807, 2.05) is 29.0 Å². The molecule has 3 nitrogen and oxygen atoms in total. The lowest BCUT2D eigenvalue weighted by atomic mass is 9.69. The Hall–Kier alpha value is -1.91. The minimum absolute atomic E-state index is 0.0210. The number of carbonyl (C=O) groups excluding carboxylic acids is 2. The molecule has 4 rings (SSSR count). The first-order chi connectivity index (χ1) is 12.4. The minimum Gasteiger partial charge on any atom is -0.294 e. The molecule has 1 aliphatic heterocycles. The van der Waals surface area contributed by atoms with Crippen LogP contribution in [0.25, 0.3) is 0 Å². The van der Waals surface area contributed by atoms with Crippen LogP contribution < -0.4 is 4.90 Å². The predicted octanol–water partition coefficient (Wildman–Crippen LogP) is 5.57. The molecule has 0 saturated heterocycles. The Morgan fingerprint density at radius 1 is 1.19 bits per heavy atom. The summed E-state index contributed by atoms with van der Waals surface area (Å²) in [6.45, 7) is 4.17. The van der Waals surface area contributed by atoms with Gasteiger partial charge in [0, 0.05) is 35.1 Å². The van der Waals surface area contributed by atoms with Crippen LogP contribution in [0.2, 0.25) is 5.02 Å². The van der Waals surface area contributed by atoms with Gasteiger partial charge in [-0.25, -0.2) is 0 Å². The van der Waals surface area contributed by atoms with Crippen molar-refractivity contribution in [2.45, 2.75) is 39.0 Å². The van der Waals surface area contributed by atoms with E-state index in [0.29, 0.717) is 24.3 Å². The second-order valence-electron chi connectivity index (χ2n) is 7.82. The third kappa shape index (κ3) is 3.01. The molecule has 5 heteroatoms. The van der Waals surface area contributed by atoms with E-state index in [9.17, 15) is 9.59 Å². The van der Waals surface area contributed by atoms with Gasteiger partial charge < -0.3 is 0 Å². The number of Topliss-reactive ketones (excluding diaryl/α,β-unsaturated/α-hetero) is 1. The molecule has 0 radical (unpaired) electrons. The number of hydrogen-bond donors (Lipinski definition) is 0. The first kappa shape index (κ1) is 17.5. The summed E-state index contributed by atoms with van der Waals surface area (Å²) >= 11 is 7.76. The van der Waals surface area contributed by atoms with Gasteiger partial charge in [-0.3, -0.25) is 14.5 Å². The fourth-order valence-electron chi connectivity index (χ4n) is 4.09. The number of hydrogen-bond acceptors (Lipinski definition) is 3. The molecular formula is C21H20ClNO2S. The monoisotopic (exact) mass is 385 g/mol. The van der Waals surface area contributed by atoms with Gasteiger partial charge in [0.25, 0.3) is 0 Å². The lowest BCUT2D eigenvalue weighted by Gasteiger charge is -2.42. The van der Waals surface area contributed by atoms with E-state index in [0.717, 1.165) is 22.5 Å². The zero-order chi connectivity index (χ0) is 18.5. The van der Waals surface area contributed by atoms with Crippen molar-refractivity contribution in [3.63, 3.8) is 0 Å². The third-order valence-electron chi connectivity index (χ3n) is 5.15. The van der Waals surface area contributed by atoms with E-state index in [4.69, 9.17) is 11.6 Å². The summed E-state index contributed by atoms with van der Waals surface area (Å²) in [4.78, 5) is 27.9. The normalized spacial score (nSPS) is 22.6. The topological polar surface area (TPSA) is 37.4 Å². The number of amides is 1. The van der Waals surface area contributed by atoms with Crippen molar-refractivity contribution in [3.05, 3.63) is 62.9 Å². The molecule has 1 aliphatic carbocycles. The van der Waals surface area contributed by atoms with Crippen molar-refractivity contribution in [2.24, 2.45) is 5.41 Å². The molecule has 0 N–H and O–H groups in total. The number of allylic oxidation sites excluding steroid dienone is 2. The van der Waals surface area contributed by atoms with Crippen LogP contribution in [0.15, 0.2) is 52.4 Å². The van der Waals surface area contributed by atoms with Gasteiger partial charge in [0.15, 0.2) is 5.78 Å². The number of carbonyl (C=O) groups is 2. The standard InChI is InChI=1S/C21H20ClNO2S/c1-21(2)10-17-20(18(24)11-21)16(13-6-7-26-12-13)9-19(25)23(17)15-5-3-4-14(22)8-15/h3-8,12,16H,9-11H2,1-2H3/t16-/m0/s1. The summed E-state index contributed by atoms with van der Waals surface area (Å²) in [5.74, 6) is 0.0440. The second kappa shape index (κ2) is 6.36. The highest BCUT2D eigenvalue weighted by atomic mass is 35.5. The lowest BCUT2D eigenvalue weighted by molar-refractivity contribution is -0.121. The van der Waals surface area contributed by atoms with Crippen molar-refractivity contribution >= 4 is 40.3 Å². The largest absolute Gasteiger partial charge is 0.294 e. The SMILES string of the molecule is CC1(C)CC(=O)C2=C(C1)N(c1cccc(Cl)c1)C(=O)C[C@H]2c1ccsc1. The Kier molecular flexibility index (Phi) is 4.28. The van der Waals surface area contributed by atoms with Gasteiger partial charge in [-0.15, -0.1) is 0 Å². The predicted molar refractivity (Wildman–Crippen MR) is 106 cm³/mol. The molecule has 134 valence electrons. The number of rotatable bonds is 2. The van der Waals surface area contributed by atoms with Crippen molar-refractivity contribution in [1.82, 2.24) is 0 Å². The molecule has 2 heterocycles. The lowest BCUT2D eigenvalue weighted by Crippen LogP contribution is -2.43. The molecule has 0 unspecified atom stereocenters. The van der Waals surface area contributed by atoms with Gasteiger partial charge in [0.05, 0.1) is 5.69 Å². The van der Waals surface area contributed by atoms with Crippen LogP contribution in [0.5, 0.6) is 0 Å². The van der Waals surface area contributed by atoms with E-state index in [1.165, 1.54) is 0 Å². The molecule has 0 spiro atoms. The number of nitrogens with zero attached hydrogens (tertiary/aromatic N) is 1. The van der Waals surface area contributed by atoms with Gasteiger partial charge in [0.1, 0.15) is 0 Å². The van der Waals surface area contributed by atoms with Crippen molar-refractivity contribution in [3.8, 4) is 0 Å². The van der Waals surface area contributed by atoms with Crippen LogP contribution in [0.3, 0.4) is 0 Å². The highest BCUT2D eigenvalue weighted by molar-refractivity contribution is 7.08. The summed E-state index contributed by atoms with van der Waals surface area (Å²) in [5, 5.41) is 4.63. The van der Waals surface area contributed by atoms with Gasteiger partial charge in [-0.05, 0) is 52.4 Å². The van der Waals surface area contributed by atoms with Gasteiger partial charge in [-0.2, -0.15) is 11.3 Å². The van der Waals surface area contributed by atoms with Crippen LogP contribution in [0.4, 0.5) is 5.69 Å². The fraction of sp³-hybridized carbons (Fsp3) is 0.333. The summed E-state index contributed by atoms with van der Waals surface area (Å²) in [6, 6.07) is 9.33. The van der Waals surface area contributed by atoms with E-state index in [-0.39, 0.29) is 23.0 Å².